The number of benzene rings is 1. The first-order valence-electron chi connectivity index (χ1n) is 6.81. The lowest BCUT2D eigenvalue weighted by Gasteiger charge is -2.16. The molecule has 20 heavy (non-hydrogen) atoms. The lowest BCUT2D eigenvalue weighted by Crippen LogP contribution is -2.30. The van der Waals surface area contributed by atoms with E-state index in [0.717, 1.165) is 12.8 Å². The van der Waals surface area contributed by atoms with Gasteiger partial charge in [0, 0.05) is 21.4 Å². The molecule has 108 valence electrons. The number of likely N-dealkylation sites (N-methyl/N-ethyl adjacent to an activating group) is 1. The van der Waals surface area contributed by atoms with Gasteiger partial charge >= 0.3 is 0 Å². The SMILES string of the molecule is CCc1ccc(CC(Cc2c(F)cccc2F)NC)s1. The molecule has 1 atom stereocenters. The fraction of sp³-hybridized carbons (Fsp3) is 0.375. The maximum absolute atomic E-state index is 13.7. The molecule has 0 aliphatic heterocycles. The molecule has 0 radical (unpaired) electrons. The summed E-state index contributed by atoms with van der Waals surface area (Å²) in [5, 5.41) is 3.15. The van der Waals surface area contributed by atoms with Crippen LogP contribution in [0.2, 0.25) is 0 Å². The van der Waals surface area contributed by atoms with E-state index in [4.69, 9.17) is 0 Å². The second-order valence-corrected chi connectivity index (χ2v) is 6.07. The summed E-state index contributed by atoms with van der Waals surface area (Å²) in [6.45, 7) is 2.12. The van der Waals surface area contributed by atoms with Crippen molar-refractivity contribution in [2.45, 2.75) is 32.2 Å². The molecule has 0 saturated carbocycles. The van der Waals surface area contributed by atoms with Crippen LogP contribution >= 0.6 is 11.3 Å². The summed E-state index contributed by atoms with van der Waals surface area (Å²) in [5.74, 6) is -0.934. The first-order chi connectivity index (χ1) is 9.63. The average Bonchev–Trinajstić information content (AvgIpc) is 2.89. The number of rotatable bonds is 6. The largest absolute Gasteiger partial charge is 0.316 e. The Kier molecular flexibility index (Phi) is 5.26. The van der Waals surface area contributed by atoms with Crippen LogP contribution in [0.25, 0.3) is 0 Å². The van der Waals surface area contributed by atoms with Crippen molar-refractivity contribution in [1.29, 1.82) is 0 Å². The number of halogens is 2. The van der Waals surface area contributed by atoms with Gasteiger partial charge in [0.15, 0.2) is 0 Å². The molecule has 0 spiro atoms. The number of aryl methyl sites for hydroxylation is 1. The zero-order valence-corrected chi connectivity index (χ0v) is 12.6. The van der Waals surface area contributed by atoms with E-state index >= 15 is 0 Å². The summed E-state index contributed by atoms with van der Waals surface area (Å²) < 4.78 is 27.4. The Hall–Kier alpha value is -1.26. The van der Waals surface area contributed by atoms with Crippen molar-refractivity contribution < 1.29 is 8.78 Å². The standard InChI is InChI=1S/C16H19F2NS/c1-3-12-7-8-13(20-12)9-11(19-2)10-14-15(17)5-4-6-16(14)18/h4-8,11,19H,3,9-10H2,1-2H3. The molecule has 2 aromatic rings. The van der Waals surface area contributed by atoms with E-state index in [1.807, 2.05) is 7.05 Å². The minimum Gasteiger partial charge on any atom is -0.316 e. The fourth-order valence-corrected chi connectivity index (χ4v) is 3.25. The van der Waals surface area contributed by atoms with Crippen LogP contribution in [0.15, 0.2) is 30.3 Å². The van der Waals surface area contributed by atoms with E-state index in [9.17, 15) is 8.78 Å². The van der Waals surface area contributed by atoms with Gasteiger partial charge in [0.1, 0.15) is 11.6 Å². The van der Waals surface area contributed by atoms with Gasteiger partial charge in [-0.1, -0.05) is 13.0 Å². The minimum atomic E-state index is -0.467. The van der Waals surface area contributed by atoms with Crippen molar-refractivity contribution in [1.82, 2.24) is 5.32 Å². The second kappa shape index (κ2) is 6.95. The summed E-state index contributed by atoms with van der Waals surface area (Å²) >= 11 is 1.77. The molecule has 1 aromatic heterocycles. The van der Waals surface area contributed by atoms with Gasteiger partial charge in [0.25, 0.3) is 0 Å². The predicted octanol–water partition coefficient (Wildman–Crippen LogP) is 3.96. The van der Waals surface area contributed by atoms with Crippen LogP contribution in [0.1, 0.15) is 22.2 Å². The zero-order chi connectivity index (χ0) is 14.5. The molecular formula is C16H19F2NS. The summed E-state index contributed by atoms with van der Waals surface area (Å²) in [5.41, 5.74) is 0.166. The van der Waals surface area contributed by atoms with Crippen LogP contribution < -0.4 is 5.32 Å². The summed E-state index contributed by atoms with van der Waals surface area (Å²) in [6, 6.07) is 8.28. The number of hydrogen-bond acceptors (Lipinski definition) is 2. The number of thiophene rings is 1. The Balaban J connectivity index is 2.09. The van der Waals surface area contributed by atoms with Gasteiger partial charge in [-0.15, -0.1) is 11.3 Å². The van der Waals surface area contributed by atoms with Gasteiger partial charge in [0.05, 0.1) is 0 Å². The van der Waals surface area contributed by atoms with Gasteiger partial charge in [-0.05, 0) is 50.6 Å². The molecule has 0 bridgehead atoms. The molecule has 1 N–H and O–H groups in total. The topological polar surface area (TPSA) is 12.0 Å². The minimum absolute atomic E-state index is 0.0322. The molecular weight excluding hydrogens is 276 g/mol. The first kappa shape index (κ1) is 15.1. The highest BCUT2D eigenvalue weighted by atomic mass is 32.1. The number of hydrogen-bond donors (Lipinski definition) is 1. The van der Waals surface area contributed by atoms with Crippen LogP contribution in [0.3, 0.4) is 0 Å². The molecule has 0 amide bonds. The second-order valence-electron chi connectivity index (χ2n) is 4.82. The van der Waals surface area contributed by atoms with Gasteiger partial charge in [-0.2, -0.15) is 0 Å². The molecule has 2 rings (SSSR count). The van der Waals surface area contributed by atoms with Gasteiger partial charge in [0.2, 0.25) is 0 Å². The Labute approximate surface area is 122 Å². The van der Waals surface area contributed by atoms with Crippen LogP contribution in [0.5, 0.6) is 0 Å². The van der Waals surface area contributed by atoms with E-state index in [2.05, 4.69) is 24.4 Å². The van der Waals surface area contributed by atoms with E-state index in [0.29, 0.717) is 6.42 Å². The Bertz CT molecular complexity index is 545. The summed E-state index contributed by atoms with van der Waals surface area (Å²) in [6.07, 6.45) is 2.17. The lowest BCUT2D eigenvalue weighted by molar-refractivity contribution is 0.503. The third-order valence-electron chi connectivity index (χ3n) is 3.43. The molecule has 1 heterocycles. The monoisotopic (exact) mass is 295 g/mol. The quantitative estimate of drug-likeness (QED) is 0.850. The smallest absolute Gasteiger partial charge is 0.129 e. The fourth-order valence-electron chi connectivity index (χ4n) is 2.21. The maximum Gasteiger partial charge on any atom is 0.129 e. The Morgan fingerprint density at radius 1 is 1.05 bits per heavy atom. The van der Waals surface area contributed by atoms with E-state index in [1.54, 1.807) is 11.3 Å². The van der Waals surface area contributed by atoms with Crippen molar-refractivity contribution in [2.75, 3.05) is 7.05 Å². The highest BCUT2D eigenvalue weighted by Gasteiger charge is 2.15. The zero-order valence-electron chi connectivity index (χ0n) is 11.7. The van der Waals surface area contributed by atoms with E-state index in [1.165, 1.54) is 28.0 Å². The molecule has 0 aliphatic carbocycles. The van der Waals surface area contributed by atoms with Gasteiger partial charge in [-0.3, -0.25) is 0 Å². The van der Waals surface area contributed by atoms with Crippen molar-refractivity contribution in [3.05, 3.63) is 57.3 Å². The third-order valence-corrected chi connectivity index (χ3v) is 4.69. The van der Waals surface area contributed by atoms with E-state index < -0.39 is 11.6 Å². The van der Waals surface area contributed by atoms with Crippen molar-refractivity contribution in [3.63, 3.8) is 0 Å². The molecule has 0 saturated heterocycles. The van der Waals surface area contributed by atoms with Crippen LogP contribution in [0.4, 0.5) is 8.78 Å². The molecule has 1 aromatic carbocycles. The normalized spacial score (nSPS) is 12.6. The maximum atomic E-state index is 13.7. The van der Waals surface area contributed by atoms with Crippen molar-refractivity contribution >= 4 is 11.3 Å². The average molecular weight is 295 g/mol. The van der Waals surface area contributed by atoms with E-state index in [-0.39, 0.29) is 11.6 Å². The van der Waals surface area contributed by atoms with Crippen LogP contribution in [-0.2, 0) is 19.3 Å². The Morgan fingerprint density at radius 2 is 1.70 bits per heavy atom. The van der Waals surface area contributed by atoms with Crippen molar-refractivity contribution in [3.8, 4) is 0 Å². The van der Waals surface area contributed by atoms with Crippen molar-refractivity contribution in [2.24, 2.45) is 0 Å². The van der Waals surface area contributed by atoms with Crippen LogP contribution in [0, 0.1) is 11.6 Å². The molecule has 1 nitrogen and oxygen atoms in total. The Morgan fingerprint density at radius 3 is 2.25 bits per heavy atom. The van der Waals surface area contributed by atoms with Gasteiger partial charge in [-0.25, -0.2) is 8.78 Å². The number of nitrogens with one attached hydrogen (secondary N) is 1. The predicted molar refractivity (Wildman–Crippen MR) is 80.3 cm³/mol. The molecule has 1 unspecified atom stereocenters. The third kappa shape index (κ3) is 3.64. The van der Waals surface area contributed by atoms with Crippen LogP contribution in [-0.4, -0.2) is 13.1 Å². The lowest BCUT2D eigenvalue weighted by atomic mass is 10.0. The summed E-state index contributed by atoms with van der Waals surface area (Å²) in [4.78, 5) is 2.59. The highest BCUT2D eigenvalue weighted by Crippen LogP contribution is 2.21. The first-order valence-corrected chi connectivity index (χ1v) is 7.63. The summed E-state index contributed by atoms with van der Waals surface area (Å²) in [7, 11) is 1.83. The molecule has 0 fully saturated rings. The highest BCUT2D eigenvalue weighted by molar-refractivity contribution is 7.11. The molecule has 0 aliphatic rings. The van der Waals surface area contributed by atoms with Gasteiger partial charge < -0.3 is 5.32 Å². The molecule has 4 heteroatoms.